The minimum atomic E-state index is 0.133. The molecule has 0 aromatic heterocycles. The largest absolute Gasteiger partial charge is 0.493 e. The Balaban J connectivity index is 2.07. The van der Waals surface area contributed by atoms with Crippen molar-refractivity contribution in [3.63, 3.8) is 0 Å². The van der Waals surface area contributed by atoms with Gasteiger partial charge in [-0.25, -0.2) is 0 Å². The molecule has 0 heterocycles. The summed E-state index contributed by atoms with van der Waals surface area (Å²) in [6.45, 7) is 7.05. The fraction of sp³-hybridized carbons (Fsp3) is 0.632. The number of benzene rings is 1. The zero-order chi connectivity index (χ0) is 17.0. The summed E-state index contributed by atoms with van der Waals surface area (Å²) in [7, 11) is 3.28. The maximum atomic E-state index is 12.3. The topological polar surface area (TPSA) is 47.6 Å². The molecule has 2 atom stereocenters. The van der Waals surface area contributed by atoms with Gasteiger partial charge in [-0.15, -0.1) is 0 Å². The highest BCUT2D eigenvalue weighted by molar-refractivity contribution is 5.79. The molecule has 128 valence electrons. The van der Waals surface area contributed by atoms with Crippen LogP contribution < -0.4 is 14.8 Å². The smallest absolute Gasteiger partial charge is 0.223 e. The highest BCUT2D eigenvalue weighted by Gasteiger charge is 2.32. The van der Waals surface area contributed by atoms with Crippen LogP contribution in [0.1, 0.15) is 45.1 Å². The van der Waals surface area contributed by atoms with Crippen molar-refractivity contribution in [2.24, 2.45) is 17.8 Å². The van der Waals surface area contributed by atoms with Gasteiger partial charge in [-0.1, -0.05) is 26.8 Å². The molecule has 1 aromatic rings. The van der Waals surface area contributed by atoms with Crippen LogP contribution in [0.5, 0.6) is 11.5 Å². The Labute approximate surface area is 139 Å². The molecule has 0 radical (unpaired) electrons. The quantitative estimate of drug-likeness (QED) is 0.796. The predicted molar refractivity (Wildman–Crippen MR) is 92.0 cm³/mol. The lowest BCUT2D eigenvalue weighted by molar-refractivity contribution is -0.125. The van der Waals surface area contributed by atoms with Crippen molar-refractivity contribution in [3.8, 4) is 11.5 Å². The van der Waals surface area contributed by atoms with Crippen LogP contribution >= 0.6 is 0 Å². The summed E-state index contributed by atoms with van der Waals surface area (Å²) in [4.78, 5) is 12.3. The third-order valence-corrected chi connectivity index (χ3v) is 4.88. The van der Waals surface area contributed by atoms with Crippen LogP contribution in [-0.4, -0.2) is 26.7 Å². The zero-order valence-electron chi connectivity index (χ0n) is 14.9. The second-order valence-corrected chi connectivity index (χ2v) is 6.84. The van der Waals surface area contributed by atoms with Crippen molar-refractivity contribution in [1.82, 2.24) is 5.32 Å². The van der Waals surface area contributed by atoms with Crippen LogP contribution in [0.4, 0.5) is 0 Å². The molecule has 23 heavy (non-hydrogen) atoms. The van der Waals surface area contributed by atoms with Gasteiger partial charge >= 0.3 is 0 Å². The lowest BCUT2D eigenvalue weighted by Gasteiger charge is -2.24. The minimum Gasteiger partial charge on any atom is -0.493 e. The van der Waals surface area contributed by atoms with E-state index in [-0.39, 0.29) is 17.7 Å². The average molecular weight is 319 g/mol. The van der Waals surface area contributed by atoms with E-state index in [0.29, 0.717) is 18.4 Å². The number of hydrogen-bond donors (Lipinski definition) is 1. The predicted octanol–water partition coefficient (Wildman–Crippen LogP) is 3.61. The van der Waals surface area contributed by atoms with Gasteiger partial charge in [-0.2, -0.15) is 0 Å². The number of rotatable bonds is 8. The Morgan fingerprint density at radius 3 is 2.35 bits per heavy atom. The van der Waals surface area contributed by atoms with Crippen LogP contribution in [0.2, 0.25) is 0 Å². The number of amides is 1. The second kappa shape index (κ2) is 7.71. The molecule has 1 N–H and O–H groups in total. The number of methoxy groups -OCH3 is 2. The monoisotopic (exact) mass is 319 g/mol. The number of nitrogens with one attached hydrogen (secondary N) is 1. The number of ether oxygens (including phenoxy) is 2. The van der Waals surface area contributed by atoms with Crippen molar-refractivity contribution < 1.29 is 14.3 Å². The molecule has 1 aliphatic rings. The summed E-state index contributed by atoms with van der Waals surface area (Å²) in [5, 5.41) is 3.14. The Bertz CT molecular complexity index is 537. The van der Waals surface area contributed by atoms with Gasteiger partial charge in [0.1, 0.15) is 0 Å². The first-order valence-electron chi connectivity index (χ1n) is 8.47. The molecule has 1 amide bonds. The summed E-state index contributed by atoms with van der Waals surface area (Å²) in [5.41, 5.74) is 1.16. The molecule has 0 aliphatic heterocycles. The second-order valence-electron chi connectivity index (χ2n) is 6.84. The highest BCUT2D eigenvalue weighted by atomic mass is 16.5. The molecule has 0 bridgehead atoms. The average Bonchev–Trinajstić information content (AvgIpc) is 3.38. The lowest BCUT2D eigenvalue weighted by atomic mass is 9.88. The molecular weight excluding hydrogens is 290 g/mol. The van der Waals surface area contributed by atoms with Gasteiger partial charge in [0, 0.05) is 18.4 Å². The van der Waals surface area contributed by atoms with E-state index in [1.165, 1.54) is 12.8 Å². The first-order chi connectivity index (χ1) is 11.0. The van der Waals surface area contributed by atoms with Gasteiger partial charge in [0.05, 0.1) is 14.2 Å². The molecule has 1 saturated carbocycles. The normalized spacial score (nSPS) is 16.8. The molecule has 2 unspecified atom stereocenters. The van der Waals surface area contributed by atoms with Gasteiger partial charge in [-0.3, -0.25) is 4.79 Å². The first kappa shape index (κ1) is 17.6. The standard InChI is InChI=1S/C19H29NO3/c1-12(2)16(11-20-19(21)13(3)14-6-7-14)15-8-9-17(22-4)18(10-15)23-5/h8-10,12-14,16H,6-7,11H2,1-5H3,(H,20,21). The molecular formula is C19H29NO3. The van der Waals surface area contributed by atoms with Gasteiger partial charge in [0.25, 0.3) is 0 Å². The van der Waals surface area contributed by atoms with Crippen LogP contribution in [0.25, 0.3) is 0 Å². The van der Waals surface area contributed by atoms with E-state index in [0.717, 1.165) is 17.1 Å². The van der Waals surface area contributed by atoms with Gasteiger partial charge in [0.15, 0.2) is 11.5 Å². The molecule has 4 heteroatoms. The molecule has 1 aromatic carbocycles. The van der Waals surface area contributed by atoms with E-state index < -0.39 is 0 Å². The first-order valence-corrected chi connectivity index (χ1v) is 8.47. The SMILES string of the molecule is COc1ccc(C(CNC(=O)C(C)C2CC2)C(C)C)cc1OC. The molecule has 2 rings (SSSR count). The third-order valence-electron chi connectivity index (χ3n) is 4.88. The fourth-order valence-electron chi connectivity index (χ4n) is 3.00. The summed E-state index contributed by atoms with van der Waals surface area (Å²) < 4.78 is 10.7. The zero-order valence-corrected chi connectivity index (χ0v) is 14.9. The highest BCUT2D eigenvalue weighted by Crippen LogP contribution is 2.37. The number of hydrogen-bond acceptors (Lipinski definition) is 3. The Hall–Kier alpha value is -1.71. The Kier molecular flexibility index (Phi) is 5.91. The molecule has 0 spiro atoms. The van der Waals surface area contributed by atoms with Gasteiger partial charge in [-0.05, 0) is 42.4 Å². The Morgan fingerprint density at radius 2 is 1.83 bits per heavy atom. The maximum Gasteiger partial charge on any atom is 0.223 e. The lowest BCUT2D eigenvalue weighted by Crippen LogP contribution is -2.34. The molecule has 1 aliphatic carbocycles. The van der Waals surface area contributed by atoms with Crippen molar-refractivity contribution >= 4 is 5.91 Å². The molecule has 1 fully saturated rings. The summed E-state index contributed by atoms with van der Waals surface area (Å²) in [5.74, 6) is 3.04. The molecule has 4 nitrogen and oxygen atoms in total. The van der Waals surface area contributed by atoms with Crippen molar-refractivity contribution in [2.75, 3.05) is 20.8 Å². The van der Waals surface area contributed by atoms with Crippen LogP contribution in [0, 0.1) is 17.8 Å². The van der Waals surface area contributed by atoms with E-state index in [2.05, 4.69) is 25.2 Å². The third kappa shape index (κ3) is 4.40. The van der Waals surface area contributed by atoms with E-state index in [9.17, 15) is 4.79 Å². The summed E-state index contributed by atoms with van der Waals surface area (Å²) >= 11 is 0. The summed E-state index contributed by atoms with van der Waals surface area (Å²) in [6.07, 6.45) is 2.38. The van der Waals surface area contributed by atoms with Crippen LogP contribution in [0.3, 0.4) is 0 Å². The van der Waals surface area contributed by atoms with Crippen molar-refractivity contribution in [2.45, 2.75) is 39.5 Å². The fourth-order valence-corrected chi connectivity index (χ4v) is 3.00. The molecule has 0 saturated heterocycles. The maximum absolute atomic E-state index is 12.3. The van der Waals surface area contributed by atoms with Crippen molar-refractivity contribution in [3.05, 3.63) is 23.8 Å². The number of carbonyl (C=O) groups is 1. The number of carbonyl (C=O) groups excluding carboxylic acids is 1. The Morgan fingerprint density at radius 1 is 1.17 bits per heavy atom. The van der Waals surface area contributed by atoms with E-state index in [1.54, 1.807) is 14.2 Å². The minimum absolute atomic E-state index is 0.133. The van der Waals surface area contributed by atoms with E-state index in [4.69, 9.17) is 9.47 Å². The van der Waals surface area contributed by atoms with Gasteiger partial charge in [0.2, 0.25) is 5.91 Å². The van der Waals surface area contributed by atoms with Crippen molar-refractivity contribution in [1.29, 1.82) is 0 Å². The van der Waals surface area contributed by atoms with Crippen LogP contribution in [0.15, 0.2) is 18.2 Å². The van der Waals surface area contributed by atoms with Gasteiger partial charge < -0.3 is 14.8 Å². The summed E-state index contributed by atoms with van der Waals surface area (Å²) in [6, 6.07) is 6.00. The van der Waals surface area contributed by atoms with E-state index >= 15 is 0 Å². The van der Waals surface area contributed by atoms with Crippen LogP contribution in [-0.2, 0) is 4.79 Å². The van der Waals surface area contributed by atoms with E-state index in [1.807, 2.05) is 19.1 Å².